The number of nitrogens with one attached hydrogen (secondary N) is 1. The van der Waals surface area contributed by atoms with Crippen LogP contribution in [-0.2, 0) is 20.7 Å². The number of methoxy groups -OCH3 is 1. The molecule has 0 radical (unpaired) electrons. The van der Waals surface area contributed by atoms with Crippen molar-refractivity contribution in [3.63, 3.8) is 0 Å². The summed E-state index contributed by atoms with van der Waals surface area (Å²) in [5.74, 6) is -0.746. The summed E-state index contributed by atoms with van der Waals surface area (Å²) in [6.45, 7) is 0. The van der Waals surface area contributed by atoms with Crippen LogP contribution in [0.2, 0.25) is 0 Å². The van der Waals surface area contributed by atoms with Crippen molar-refractivity contribution in [2.75, 3.05) is 7.11 Å². The summed E-state index contributed by atoms with van der Waals surface area (Å²) in [7, 11) is 1.30. The van der Waals surface area contributed by atoms with Gasteiger partial charge in [0.1, 0.15) is 0 Å². The van der Waals surface area contributed by atoms with Crippen LogP contribution in [-0.4, -0.2) is 24.0 Å². The molecule has 0 aliphatic rings. The highest BCUT2D eigenvalue weighted by molar-refractivity contribution is 5.86. The summed E-state index contributed by atoms with van der Waals surface area (Å²) >= 11 is 0. The number of pyridine rings is 1. The Balaban J connectivity index is 2.09. The van der Waals surface area contributed by atoms with Crippen molar-refractivity contribution >= 4 is 11.9 Å². The predicted octanol–water partition coefficient (Wildman–Crippen LogP) is 1.65. The fourth-order valence-corrected chi connectivity index (χ4v) is 1.94. The van der Waals surface area contributed by atoms with E-state index in [-0.39, 0.29) is 12.3 Å². The van der Waals surface area contributed by atoms with E-state index in [4.69, 9.17) is 4.74 Å². The van der Waals surface area contributed by atoms with Crippen molar-refractivity contribution in [3.8, 4) is 0 Å². The van der Waals surface area contributed by atoms with Gasteiger partial charge in [0.2, 0.25) is 5.91 Å². The first-order valence-corrected chi connectivity index (χ1v) is 6.51. The Morgan fingerprint density at radius 2 is 1.81 bits per heavy atom. The van der Waals surface area contributed by atoms with Crippen molar-refractivity contribution < 1.29 is 14.3 Å². The van der Waals surface area contributed by atoms with Gasteiger partial charge in [0.05, 0.1) is 13.5 Å². The monoisotopic (exact) mass is 284 g/mol. The van der Waals surface area contributed by atoms with E-state index < -0.39 is 12.0 Å². The molecule has 21 heavy (non-hydrogen) atoms. The minimum atomic E-state index is -0.800. The molecule has 1 atom stereocenters. The summed E-state index contributed by atoms with van der Waals surface area (Å²) in [5, 5.41) is 2.70. The van der Waals surface area contributed by atoms with Gasteiger partial charge < -0.3 is 10.1 Å². The van der Waals surface area contributed by atoms with Gasteiger partial charge in [-0.25, -0.2) is 4.79 Å². The first-order chi connectivity index (χ1) is 10.2. The van der Waals surface area contributed by atoms with Crippen LogP contribution in [0.25, 0.3) is 0 Å². The zero-order valence-electron chi connectivity index (χ0n) is 11.7. The van der Waals surface area contributed by atoms with E-state index >= 15 is 0 Å². The van der Waals surface area contributed by atoms with Crippen LogP contribution in [0.5, 0.6) is 0 Å². The molecular weight excluding hydrogens is 268 g/mol. The highest BCUT2D eigenvalue weighted by Gasteiger charge is 2.23. The van der Waals surface area contributed by atoms with Crippen LogP contribution < -0.4 is 5.32 Å². The topological polar surface area (TPSA) is 68.3 Å². The SMILES string of the molecule is COC(=O)C(NC(=O)Cc1ccncc1)c1ccccc1. The Morgan fingerprint density at radius 1 is 1.14 bits per heavy atom. The first-order valence-electron chi connectivity index (χ1n) is 6.51. The summed E-state index contributed by atoms with van der Waals surface area (Å²) < 4.78 is 4.75. The zero-order chi connectivity index (χ0) is 15.1. The molecule has 1 unspecified atom stereocenters. The lowest BCUT2D eigenvalue weighted by Gasteiger charge is -2.16. The first kappa shape index (κ1) is 14.7. The van der Waals surface area contributed by atoms with Crippen molar-refractivity contribution in [2.24, 2.45) is 0 Å². The number of hydrogen-bond acceptors (Lipinski definition) is 4. The molecule has 1 aromatic carbocycles. The number of carbonyl (C=O) groups excluding carboxylic acids is 2. The molecule has 1 N–H and O–H groups in total. The fourth-order valence-electron chi connectivity index (χ4n) is 1.94. The number of nitrogens with zero attached hydrogens (tertiary/aromatic N) is 1. The summed E-state index contributed by atoms with van der Waals surface area (Å²) in [6.07, 6.45) is 3.43. The molecule has 0 spiro atoms. The minimum Gasteiger partial charge on any atom is -0.467 e. The molecule has 1 heterocycles. The number of amides is 1. The molecule has 0 fully saturated rings. The van der Waals surface area contributed by atoms with Gasteiger partial charge in [-0.05, 0) is 23.3 Å². The van der Waals surface area contributed by atoms with E-state index in [0.29, 0.717) is 5.56 Å². The van der Waals surface area contributed by atoms with Gasteiger partial charge in [0.15, 0.2) is 6.04 Å². The third kappa shape index (κ3) is 4.14. The van der Waals surface area contributed by atoms with Crippen LogP contribution in [0.1, 0.15) is 17.2 Å². The highest BCUT2D eigenvalue weighted by atomic mass is 16.5. The van der Waals surface area contributed by atoms with Gasteiger partial charge >= 0.3 is 5.97 Å². The molecule has 0 aliphatic carbocycles. The van der Waals surface area contributed by atoms with Crippen LogP contribution >= 0.6 is 0 Å². The van der Waals surface area contributed by atoms with Crippen molar-refractivity contribution in [1.29, 1.82) is 0 Å². The molecule has 5 heteroatoms. The largest absolute Gasteiger partial charge is 0.467 e. The molecule has 0 saturated carbocycles. The van der Waals surface area contributed by atoms with Crippen molar-refractivity contribution in [2.45, 2.75) is 12.5 Å². The second kappa shape index (κ2) is 7.19. The maximum absolute atomic E-state index is 12.1. The van der Waals surface area contributed by atoms with E-state index in [0.717, 1.165) is 5.56 Å². The average molecular weight is 284 g/mol. The molecule has 0 aliphatic heterocycles. The number of aromatic nitrogens is 1. The van der Waals surface area contributed by atoms with E-state index in [1.807, 2.05) is 6.07 Å². The number of rotatable bonds is 5. The molecule has 2 aromatic rings. The van der Waals surface area contributed by atoms with Crippen molar-refractivity contribution in [1.82, 2.24) is 10.3 Å². The molecule has 2 rings (SSSR count). The summed E-state index contributed by atoms with van der Waals surface area (Å²) in [4.78, 5) is 27.8. The Morgan fingerprint density at radius 3 is 2.43 bits per heavy atom. The van der Waals surface area contributed by atoms with E-state index in [1.165, 1.54) is 7.11 Å². The fraction of sp³-hybridized carbons (Fsp3) is 0.188. The third-order valence-electron chi connectivity index (χ3n) is 2.99. The van der Waals surface area contributed by atoms with Gasteiger partial charge in [-0.3, -0.25) is 9.78 Å². The summed E-state index contributed by atoms with van der Waals surface area (Å²) in [5.41, 5.74) is 1.52. The Labute approximate surface area is 123 Å². The number of ether oxygens (including phenoxy) is 1. The maximum atomic E-state index is 12.1. The Hall–Kier alpha value is -2.69. The Kier molecular flexibility index (Phi) is 5.04. The lowest BCUT2D eigenvalue weighted by molar-refractivity contribution is -0.145. The van der Waals surface area contributed by atoms with E-state index in [9.17, 15) is 9.59 Å². The molecule has 5 nitrogen and oxygen atoms in total. The smallest absolute Gasteiger partial charge is 0.333 e. The molecule has 108 valence electrons. The number of esters is 1. The van der Waals surface area contributed by atoms with Gasteiger partial charge in [-0.2, -0.15) is 0 Å². The molecular formula is C16H16N2O3. The van der Waals surface area contributed by atoms with Crippen LogP contribution in [0.4, 0.5) is 0 Å². The maximum Gasteiger partial charge on any atom is 0.333 e. The van der Waals surface area contributed by atoms with E-state index in [2.05, 4.69) is 10.3 Å². The number of carbonyl (C=O) groups is 2. The molecule has 1 aromatic heterocycles. The summed E-state index contributed by atoms with van der Waals surface area (Å²) in [6, 6.07) is 11.7. The lowest BCUT2D eigenvalue weighted by Crippen LogP contribution is -2.35. The number of benzene rings is 1. The van der Waals surface area contributed by atoms with Crippen molar-refractivity contribution in [3.05, 3.63) is 66.0 Å². The normalized spacial score (nSPS) is 11.5. The van der Waals surface area contributed by atoms with Crippen LogP contribution in [0.3, 0.4) is 0 Å². The standard InChI is InChI=1S/C16H16N2O3/c1-21-16(20)15(13-5-3-2-4-6-13)18-14(19)11-12-7-9-17-10-8-12/h2-10,15H,11H2,1H3,(H,18,19). The lowest BCUT2D eigenvalue weighted by atomic mass is 10.1. The Bertz CT molecular complexity index is 599. The predicted molar refractivity (Wildman–Crippen MR) is 77.3 cm³/mol. The molecule has 0 bridgehead atoms. The minimum absolute atomic E-state index is 0.183. The second-order valence-electron chi connectivity index (χ2n) is 4.47. The van der Waals surface area contributed by atoms with E-state index in [1.54, 1.807) is 48.8 Å². The highest BCUT2D eigenvalue weighted by Crippen LogP contribution is 2.14. The zero-order valence-corrected chi connectivity index (χ0v) is 11.7. The van der Waals surface area contributed by atoms with Gasteiger partial charge in [0, 0.05) is 12.4 Å². The average Bonchev–Trinajstić information content (AvgIpc) is 2.53. The second-order valence-corrected chi connectivity index (χ2v) is 4.47. The van der Waals surface area contributed by atoms with Crippen LogP contribution in [0, 0.1) is 0 Å². The van der Waals surface area contributed by atoms with Gasteiger partial charge in [-0.1, -0.05) is 30.3 Å². The third-order valence-corrected chi connectivity index (χ3v) is 2.99. The molecule has 1 amide bonds. The van der Waals surface area contributed by atoms with Gasteiger partial charge in [0.25, 0.3) is 0 Å². The quantitative estimate of drug-likeness (QED) is 0.848. The van der Waals surface area contributed by atoms with Gasteiger partial charge in [-0.15, -0.1) is 0 Å². The molecule has 0 saturated heterocycles. The van der Waals surface area contributed by atoms with Crippen LogP contribution in [0.15, 0.2) is 54.9 Å². The number of hydrogen-bond donors (Lipinski definition) is 1.